The lowest BCUT2D eigenvalue weighted by Crippen LogP contribution is -2.53. The summed E-state index contributed by atoms with van der Waals surface area (Å²) in [5.74, 6) is -0.285. The number of amides is 2. The second kappa shape index (κ2) is 11.4. The number of aromatic amines is 1. The van der Waals surface area contributed by atoms with Crippen molar-refractivity contribution in [2.24, 2.45) is 11.1 Å². The number of carbonyl (C=O) groups excluding carboxylic acids is 2. The van der Waals surface area contributed by atoms with Gasteiger partial charge in [0.2, 0.25) is 0 Å². The molecule has 2 amide bonds. The van der Waals surface area contributed by atoms with Gasteiger partial charge in [0.1, 0.15) is 5.60 Å². The number of benzene rings is 1. The van der Waals surface area contributed by atoms with Crippen LogP contribution in [0.2, 0.25) is 5.02 Å². The Hall–Kier alpha value is -3.00. The molecule has 0 spiro atoms. The van der Waals surface area contributed by atoms with E-state index in [-0.39, 0.29) is 29.5 Å². The van der Waals surface area contributed by atoms with Crippen molar-refractivity contribution >= 4 is 29.3 Å². The number of pyridine rings is 1. The first-order chi connectivity index (χ1) is 17.7. The number of hydrogen-bond acceptors (Lipinski definition) is 5. The van der Waals surface area contributed by atoms with Crippen LogP contribution in [0.3, 0.4) is 0 Å². The van der Waals surface area contributed by atoms with Crippen molar-refractivity contribution in [3.05, 3.63) is 61.5 Å². The van der Waals surface area contributed by atoms with E-state index in [4.69, 9.17) is 22.1 Å². The minimum absolute atomic E-state index is 0.121. The quantitative estimate of drug-likeness (QED) is 0.423. The number of nitrogens with zero attached hydrogens (tertiary/aromatic N) is 1. The fourth-order valence-corrected chi connectivity index (χ4v) is 5.98. The molecule has 1 aliphatic carbocycles. The number of hydrogen-bond donors (Lipinski definition) is 3. The topological polar surface area (TPSA) is 118 Å². The number of aromatic nitrogens is 1. The van der Waals surface area contributed by atoms with Crippen LogP contribution in [-0.2, 0) is 11.3 Å². The second-order valence-electron chi connectivity index (χ2n) is 11.4. The fraction of sp³-hybridized carbons (Fsp3) is 0.552. The number of rotatable bonds is 7. The fourth-order valence-electron chi connectivity index (χ4n) is 5.77. The molecule has 0 saturated heterocycles. The number of anilines is 1. The SMILES string of the molecule is CCN(c1cc(Cl)cc(C(=O)NCc2c(C)cc(C)[nH]c2=O)c1C)[C@H]1CC[C@@](OC(N)=O)(C(C)(C)C)CC1. The average Bonchev–Trinajstić information content (AvgIpc) is 2.80. The summed E-state index contributed by atoms with van der Waals surface area (Å²) in [6, 6.07) is 5.64. The monoisotopic (exact) mass is 544 g/mol. The van der Waals surface area contributed by atoms with Crippen LogP contribution in [0.1, 0.15) is 86.1 Å². The molecule has 38 heavy (non-hydrogen) atoms. The molecular weight excluding hydrogens is 504 g/mol. The zero-order valence-electron chi connectivity index (χ0n) is 23.6. The smallest absolute Gasteiger partial charge is 0.405 e. The van der Waals surface area contributed by atoms with E-state index in [2.05, 4.69) is 42.9 Å². The Bertz CT molecular complexity index is 1260. The number of H-pyrrole nitrogens is 1. The summed E-state index contributed by atoms with van der Waals surface area (Å²) in [7, 11) is 0. The Morgan fingerprint density at radius 1 is 1.18 bits per heavy atom. The third kappa shape index (κ3) is 6.17. The van der Waals surface area contributed by atoms with E-state index in [1.807, 2.05) is 32.9 Å². The van der Waals surface area contributed by atoms with Gasteiger partial charge in [-0.3, -0.25) is 9.59 Å². The zero-order valence-corrected chi connectivity index (χ0v) is 24.3. The zero-order chi connectivity index (χ0) is 28.4. The van der Waals surface area contributed by atoms with Crippen molar-refractivity contribution in [3.63, 3.8) is 0 Å². The lowest BCUT2D eigenvalue weighted by Gasteiger charge is -2.49. The first-order valence-electron chi connectivity index (χ1n) is 13.2. The second-order valence-corrected chi connectivity index (χ2v) is 11.8. The highest BCUT2D eigenvalue weighted by atomic mass is 35.5. The highest BCUT2D eigenvalue weighted by Gasteiger charge is 2.48. The van der Waals surface area contributed by atoms with Gasteiger partial charge in [0, 0.05) is 52.1 Å². The van der Waals surface area contributed by atoms with Crippen LogP contribution >= 0.6 is 11.6 Å². The van der Waals surface area contributed by atoms with Crippen LogP contribution in [0.5, 0.6) is 0 Å². The molecule has 1 saturated carbocycles. The van der Waals surface area contributed by atoms with E-state index in [9.17, 15) is 14.4 Å². The highest BCUT2D eigenvalue weighted by molar-refractivity contribution is 6.31. The molecule has 0 radical (unpaired) electrons. The summed E-state index contributed by atoms with van der Waals surface area (Å²) in [4.78, 5) is 42.4. The molecule has 4 N–H and O–H groups in total. The Labute approximate surface area is 230 Å². The number of nitrogens with two attached hydrogens (primary N) is 1. The van der Waals surface area contributed by atoms with Crippen molar-refractivity contribution < 1.29 is 14.3 Å². The summed E-state index contributed by atoms with van der Waals surface area (Å²) >= 11 is 6.52. The maximum Gasteiger partial charge on any atom is 0.405 e. The third-order valence-electron chi connectivity index (χ3n) is 8.03. The van der Waals surface area contributed by atoms with Crippen molar-refractivity contribution in [2.45, 2.75) is 92.3 Å². The number of primary amides is 1. The van der Waals surface area contributed by atoms with Crippen LogP contribution in [-0.4, -0.2) is 35.2 Å². The van der Waals surface area contributed by atoms with E-state index >= 15 is 0 Å². The maximum absolute atomic E-state index is 13.3. The molecule has 208 valence electrons. The first kappa shape index (κ1) is 29.6. The maximum atomic E-state index is 13.3. The number of aryl methyl sites for hydroxylation is 2. The van der Waals surface area contributed by atoms with Crippen LogP contribution < -0.4 is 21.5 Å². The molecule has 1 heterocycles. The largest absolute Gasteiger partial charge is 0.443 e. The van der Waals surface area contributed by atoms with E-state index in [1.165, 1.54) is 0 Å². The molecule has 1 fully saturated rings. The molecule has 1 aromatic carbocycles. The summed E-state index contributed by atoms with van der Waals surface area (Å²) in [6.07, 6.45) is 2.26. The van der Waals surface area contributed by atoms with E-state index in [0.717, 1.165) is 41.9 Å². The van der Waals surface area contributed by atoms with Crippen molar-refractivity contribution in [2.75, 3.05) is 11.4 Å². The van der Waals surface area contributed by atoms with Crippen molar-refractivity contribution in [3.8, 4) is 0 Å². The van der Waals surface area contributed by atoms with Gasteiger partial charge in [-0.1, -0.05) is 32.4 Å². The summed E-state index contributed by atoms with van der Waals surface area (Å²) < 4.78 is 5.71. The third-order valence-corrected chi connectivity index (χ3v) is 8.24. The minimum Gasteiger partial charge on any atom is -0.443 e. The Morgan fingerprint density at radius 3 is 2.34 bits per heavy atom. The predicted octanol–water partition coefficient (Wildman–Crippen LogP) is 5.53. The standard InChI is InChI=1S/C29H41ClN4O4/c1-8-34(21-9-11-29(12-10-21,28(5,6)7)38-27(31)37)24-15-20(30)14-22(19(24)4)25(35)32-16-23-17(2)13-18(3)33-26(23)36/h13-15,21H,8-12,16H2,1-7H3,(H2,31,37)(H,32,35)(H,33,36)/t21-,29-. The Balaban J connectivity index is 1.84. The number of halogens is 1. The lowest BCUT2D eigenvalue weighted by molar-refractivity contribution is -0.0917. The van der Waals surface area contributed by atoms with Crippen molar-refractivity contribution in [1.29, 1.82) is 0 Å². The van der Waals surface area contributed by atoms with Gasteiger partial charge in [0.05, 0.1) is 0 Å². The molecular formula is C29H41ClN4O4. The van der Waals surface area contributed by atoms with Gasteiger partial charge in [-0.15, -0.1) is 0 Å². The van der Waals surface area contributed by atoms with Gasteiger partial charge >= 0.3 is 6.09 Å². The first-order valence-corrected chi connectivity index (χ1v) is 13.6. The van der Waals surface area contributed by atoms with Gasteiger partial charge in [-0.25, -0.2) is 4.79 Å². The van der Waals surface area contributed by atoms with E-state index in [1.54, 1.807) is 6.07 Å². The van der Waals surface area contributed by atoms with Crippen LogP contribution in [0.15, 0.2) is 23.0 Å². The molecule has 0 unspecified atom stereocenters. The average molecular weight is 545 g/mol. The Kier molecular flexibility index (Phi) is 8.86. The van der Waals surface area contributed by atoms with Gasteiger partial charge in [-0.2, -0.15) is 0 Å². The predicted molar refractivity (Wildman–Crippen MR) is 152 cm³/mol. The summed E-state index contributed by atoms with van der Waals surface area (Å²) in [6.45, 7) is 14.8. The van der Waals surface area contributed by atoms with E-state index in [0.29, 0.717) is 29.0 Å². The molecule has 3 rings (SSSR count). The number of ether oxygens (including phenoxy) is 1. The van der Waals surface area contributed by atoms with Crippen LogP contribution in [0.4, 0.5) is 10.5 Å². The van der Waals surface area contributed by atoms with Gasteiger partial charge in [-0.05, 0) is 82.7 Å². The van der Waals surface area contributed by atoms with Gasteiger partial charge < -0.3 is 25.7 Å². The molecule has 8 nitrogen and oxygen atoms in total. The molecule has 2 aromatic rings. The van der Waals surface area contributed by atoms with Crippen molar-refractivity contribution in [1.82, 2.24) is 10.3 Å². The van der Waals surface area contributed by atoms with Gasteiger partial charge in [0.15, 0.2) is 0 Å². The molecule has 0 aliphatic heterocycles. The molecule has 9 heteroatoms. The molecule has 1 aliphatic rings. The van der Waals surface area contributed by atoms with Crippen LogP contribution in [0.25, 0.3) is 0 Å². The summed E-state index contributed by atoms with van der Waals surface area (Å²) in [5.41, 5.74) is 8.71. The highest BCUT2D eigenvalue weighted by Crippen LogP contribution is 2.46. The summed E-state index contributed by atoms with van der Waals surface area (Å²) in [5, 5.41) is 3.37. The molecule has 0 bridgehead atoms. The Morgan fingerprint density at radius 2 is 1.82 bits per heavy atom. The number of carbonyl (C=O) groups is 2. The minimum atomic E-state index is -0.741. The number of nitrogens with one attached hydrogen (secondary N) is 2. The van der Waals surface area contributed by atoms with Gasteiger partial charge in [0.25, 0.3) is 11.5 Å². The molecule has 0 atom stereocenters. The van der Waals surface area contributed by atoms with Crippen LogP contribution in [0, 0.1) is 26.2 Å². The molecule has 1 aromatic heterocycles. The normalized spacial score (nSPS) is 19.6. The van der Waals surface area contributed by atoms with E-state index < -0.39 is 11.7 Å². The lowest BCUT2D eigenvalue weighted by atomic mass is 9.67.